The van der Waals surface area contributed by atoms with Crippen LogP contribution in [0.4, 0.5) is 0 Å². The molecule has 1 atom stereocenters. The van der Waals surface area contributed by atoms with E-state index >= 15 is 0 Å². The molecule has 2 aromatic rings. The van der Waals surface area contributed by atoms with E-state index < -0.39 is 0 Å². The molecule has 0 aliphatic heterocycles. The molecule has 3 rings (SSSR count). The van der Waals surface area contributed by atoms with Crippen LogP contribution in [0.25, 0.3) is 10.1 Å². The van der Waals surface area contributed by atoms with Crippen LogP contribution < -0.4 is 0 Å². The zero-order valence-electron chi connectivity index (χ0n) is 8.70. The summed E-state index contributed by atoms with van der Waals surface area (Å²) < 4.78 is 1.41. The van der Waals surface area contributed by atoms with Crippen LogP contribution in [-0.4, -0.2) is 0 Å². The maximum absolute atomic E-state index is 4.19. The van der Waals surface area contributed by atoms with Gasteiger partial charge in [0.05, 0.1) is 0 Å². The van der Waals surface area contributed by atoms with Crippen molar-refractivity contribution in [2.75, 3.05) is 0 Å². The normalized spacial score (nSPS) is 21.3. The Kier molecular flexibility index (Phi) is 2.14. The Hall–Kier alpha value is -1.08. The van der Waals surface area contributed by atoms with Gasteiger partial charge in [-0.1, -0.05) is 30.4 Å². The van der Waals surface area contributed by atoms with Gasteiger partial charge in [-0.3, -0.25) is 0 Å². The highest BCUT2D eigenvalue weighted by atomic mass is 32.1. The van der Waals surface area contributed by atoms with Gasteiger partial charge in [0.1, 0.15) is 0 Å². The molecule has 0 amide bonds. The third-order valence-electron chi connectivity index (χ3n) is 3.27. The molecule has 0 N–H and O–H groups in total. The van der Waals surface area contributed by atoms with Crippen molar-refractivity contribution in [2.45, 2.75) is 25.2 Å². The van der Waals surface area contributed by atoms with Crippen molar-refractivity contribution in [3.8, 4) is 0 Å². The summed E-state index contributed by atoms with van der Waals surface area (Å²) in [4.78, 5) is 1.51. The first-order chi connectivity index (χ1) is 7.34. The lowest BCUT2D eigenvalue weighted by atomic mass is 10.0. The number of allylic oxidation sites excluding steroid dienone is 1. The standard InChI is InChI=1S/C14H14S/c1-10-5-4-7-12(10)14-9-11-6-2-3-8-13(11)15-14/h2-3,6,8-9,12H,1,4-5,7H2/t12-/m1/s1. The highest BCUT2D eigenvalue weighted by Gasteiger charge is 2.22. The second kappa shape index (κ2) is 3.49. The fourth-order valence-corrected chi connectivity index (χ4v) is 3.69. The molecule has 0 unspecified atom stereocenters. The lowest BCUT2D eigenvalue weighted by Gasteiger charge is -2.06. The molecular formula is C14H14S. The molecular weight excluding hydrogens is 200 g/mol. The fourth-order valence-electron chi connectivity index (χ4n) is 2.43. The first-order valence-electron chi connectivity index (χ1n) is 5.51. The van der Waals surface area contributed by atoms with Gasteiger partial charge in [-0.15, -0.1) is 11.3 Å². The molecule has 1 aromatic heterocycles. The highest BCUT2D eigenvalue weighted by molar-refractivity contribution is 7.19. The summed E-state index contributed by atoms with van der Waals surface area (Å²) in [6.45, 7) is 4.19. The van der Waals surface area contributed by atoms with Crippen molar-refractivity contribution in [2.24, 2.45) is 0 Å². The molecule has 0 saturated heterocycles. The Morgan fingerprint density at radius 2 is 2.13 bits per heavy atom. The molecule has 0 nitrogen and oxygen atoms in total. The van der Waals surface area contributed by atoms with E-state index in [2.05, 4.69) is 36.9 Å². The number of thiophene rings is 1. The number of benzene rings is 1. The Balaban J connectivity index is 2.08. The Labute approximate surface area is 94.2 Å². The van der Waals surface area contributed by atoms with E-state index in [1.54, 1.807) is 0 Å². The monoisotopic (exact) mass is 214 g/mol. The highest BCUT2D eigenvalue weighted by Crippen LogP contribution is 2.42. The van der Waals surface area contributed by atoms with Gasteiger partial charge in [0.25, 0.3) is 0 Å². The minimum atomic E-state index is 0.641. The van der Waals surface area contributed by atoms with Crippen LogP contribution in [0.3, 0.4) is 0 Å². The van der Waals surface area contributed by atoms with E-state index in [1.807, 2.05) is 11.3 Å². The first kappa shape index (κ1) is 9.17. The van der Waals surface area contributed by atoms with Crippen LogP contribution in [0.5, 0.6) is 0 Å². The van der Waals surface area contributed by atoms with Gasteiger partial charge >= 0.3 is 0 Å². The molecule has 0 spiro atoms. The summed E-state index contributed by atoms with van der Waals surface area (Å²) in [5.41, 5.74) is 1.43. The quantitative estimate of drug-likeness (QED) is 0.602. The largest absolute Gasteiger partial charge is 0.140 e. The van der Waals surface area contributed by atoms with Crippen LogP contribution in [0.15, 0.2) is 42.5 Å². The zero-order valence-corrected chi connectivity index (χ0v) is 9.52. The summed E-state index contributed by atoms with van der Waals surface area (Å²) in [5, 5.41) is 1.39. The van der Waals surface area contributed by atoms with Gasteiger partial charge in [-0.25, -0.2) is 0 Å². The number of hydrogen-bond acceptors (Lipinski definition) is 1. The molecule has 1 aliphatic rings. The Morgan fingerprint density at radius 1 is 1.27 bits per heavy atom. The van der Waals surface area contributed by atoms with Crippen LogP contribution in [0, 0.1) is 0 Å². The average molecular weight is 214 g/mol. The van der Waals surface area contributed by atoms with Gasteiger partial charge < -0.3 is 0 Å². The molecule has 76 valence electrons. The second-order valence-corrected chi connectivity index (χ2v) is 5.41. The van der Waals surface area contributed by atoms with Crippen LogP contribution in [-0.2, 0) is 0 Å². The van der Waals surface area contributed by atoms with Crippen molar-refractivity contribution in [3.05, 3.63) is 47.4 Å². The average Bonchev–Trinajstić information content (AvgIpc) is 2.82. The number of rotatable bonds is 1. The molecule has 0 bridgehead atoms. The first-order valence-corrected chi connectivity index (χ1v) is 6.32. The molecule has 0 radical (unpaired) electrons. The summed E-state index contributed by atoms with van der Waals surface area (Å²) >= 11 is 1.94. The van der Waals surface area contributed by atoms with Gasteiger partial charge in [-0.05, 0) is 36.8 Å². The van der Waals surface area contributed by atoms with Crippen molar-refractivity contribution < 1.29 is 0 Å². The van der Waals surface area contributed by atoms with Gasteiger partial charge in [0.2, 0.25) is 0 Å². The number of hydrogen-bond donors (Lipinski definition) is 0. The lowest BCUT2D eigenvalue weighted by Crippen LogP contribution is -1.89. The summed E-state index contributed by atoms with van der Waals surface area (Å²) in [7, 11) is 0. The van der Waals surface area contributed by atoms with E-state index in [1.165, 1.54) is 39.8 Å². The van der Waals surface area contributed by atoms with Crippen molar-refractivity contribution >= 4 is 21.4 Å². The minimum Gasteiger partial charge on any atom is -0.140 e. The van der Waals surface area contributed by atoms with E-state index in [0.29, 0.717) is 5.92 Å². The molecule has 1 heteroatoms. The molecule has 1 fully saturated rings. The molecule has 1 aliphatic carbocycles. The Bertz CT molecular complexity index is 474. The fraction of sp³-hybridized carbons (Fsp3) is 0.286. The third-order valence-corrected chi connectivity index (χ3v) is 4.50. The number of fused-ring (bicyclic) bond motifs is 1. The van der Waals surface area contributed by atoms with Crippen molar-refractivity contribution in [1.29, 1.82) is 0 Å². The summed E-state index contributed by atoms with van der Waals surface area (Å²) in [5.74, 6) is 0.641. The van der Waals surface area contributed by atoms with Crippen molar-refractivity contribution in [1.82, 2.24) is 0 Å². The van der Waals surface area contributed by atoms with E-state index in [4.69, 9.17) is 0 Å². The molecule has 1 saturated carbocycles. The predicted molar refractivity (Wildman–Crippen MR) is 67.6 cm³/mol. The van der Waals surface area contributed by atoms with E-state index in [9.17, 15) is 0 Å². The SMILES string of the molecule is C=C1CCC[C@H]1c1cc2ccccc2s1. The lowest BCUT2D eigenvalue weighted by molar-refractivity contribution is 0.806. The van der Waals surface area contributed by atoms with Crippen molar-refractivity contribution in [3.63, 3.8) is 0 Å². The minimum absolute atomic E-state index is 0.641. The second-order valence-electron chi connectivity index (χ2n) is 4.29. The van der Waals surface area contributed by atoms with Crippen LogP contribution in [0.1, 0.15) is 30.1 Å². The summed E-state index contributed by atoms with van der Waals surface area (Å²) in [6, 6.07) is 11.0. The van der Waals surface area contributed by atoms with Gasteiger partial charge in [-0.2, -0.15) is 0 Å². The maximum Gasteiger partial charge on any atom is 0.0345 e. The molecule has 1 aromatic carbocycles. The smallest absolute Gasteiger partial charge is 0.0345 e. The van der Waals surface area contributed by atoms with Crippen LogP contribution >= 0.6 is 11.3 Å². The maximum atomic E-state index is 4.19. The van der Waals surface area contributed by atoms with E-state index in [0.717, 1.165) is 0 Å². The van der Waals surface area contributed by atoms with Gasteiger partial charge in [0.15, 0.2) is 0 Å². The predicted octanol–water partition coefficient (Wildman–Crippen LogP) is 4.73. The van der Waals surface area contributed by atoms with Crippen LogP contribution in [0.2, 0.25) is 0 Å². The topological polar surface area (TPSA) is 0 Å². The van der Waals surface area contributed by atoms with Gasteiger partial charge in [0, 0.05) is 15.5 Å². The Morgan fingerprint density at radius 3 is 2.87 bits per heavy atom. The summed E-state index contributed by atoms with van der Waals surface area (Å²) in [6.07, 6.45) is 3.84. The third kappa shape index (κ3) is 1.51. The molecule has 15 heavy (non-hydrogen) atoms. The van der Waals surface area contributed by atoms with E-state index in [-0.39, 0.29) is 0 Å². The molecule has 1 heterocycles. The zero-order chi connectivity index (χ0) is 10.3.